The van der Waals surface area contributed by atoms with Gasteiger partial charge < -0.3 is 60.6 Å². The molecule has 6 aromatic rings. The topological polar surface area (TPSA) is 348 Å². The molecule has 0 aliphatic carbocycles. The number of carboxylic acids is 1. The van der Waals surface area contributed by atoms with Gasteiger partial charge in [-0.3, -0.25) is 48.3 Å². The molecule has 113 heavy (non-hydrogen) atoms. The zero-order valence-corrected chi connectivity index (χ0v) is 68.3. The Kier molecular flexibility index (Phi) is 30.8. The molecule has 3 aromatic heterocycles. The number of hydrogen-bond acceptors (Lipinski definition) is 18. The van der Waals surface area contributed by atoms with Crippen LogP contribution in [-0.2, 0) is 72.7 Å². The van der Waals surface area contributed by atoms with E-state index in [1.54, 1.807) is 79.6 Å². The van der Waals surface area contributed by atoms with Crippen LogP contribution in [0.4, 0.5) is 78.8 Å². The Morgan fingerprint density at radius 3 is 1.27 bits per heavy atom. The number of nitrogens with one attached hydrogen (secondary N) is 2. The van der Waals surface area contributed by atoms with Crippen LogP contribution in [-0.4, -0.2) is 190 Å². The van der Waals surface area contributed by atoms with Crippen LogP contribution in [0.3, 0.4) is 0 Å². The molecule has 3 aromatic carbocycles. The van der Waals surface area contributed by atoms with Crippen LogP contribution in [0.1, 0.15) is 135 Å². The molecular formula is C74H94BClF6N14NaO16. The van der Waals surface area contributed by atoms with Gasteiger partial charge in [-0.1, -0.05) is 45.9 Å². The number of aliphatic hydroxyl groups excluding tert-OH is 2. The van der Waals surface area contributed by atoms with E-state index in [2.05, 4.69) is 30.7 Å². The maximum Gasteiger partial charge on any atom is 1.00 e. The average molecular weight is 1620 g/mol. The average Bonchev–Trinajstić information content (AvgIpc) is 1.62. The summed E-state index contributed by atoms with van der Waals surface area (Å²) in [7, 11) is 0. The minimum Gasteiger partial charge on any atom is -1.00 e. The summed E-state index contributed by atoms with van der Waals surface area (Å²) in [5.41, 5.74) is -0.455. The van der Waals surface area contributed by atoms with Crippen LogP contribution in [0.5, 0.6) is 5.75 Å². The van der Waals surface area contributed by atoms with Gasteiger partial charge in [-0.25, -0.2) is 50.3 Å². The van der Waals surface area contributed by atoms with E-state index in [9.17, 15) is 84.8 Å². The predicted octanol–water partition coefficient (Wildman–Crippen LogP) is 8.55. The number of amides is 8. The molecule has 3 fully saturated rings. The number of aliphatic carboxylic acids is 1. The second-order valence-corrected chi connectivity index (χ2v) is 31.7. The third-order valence-corrected chi connectivity index (χ3v) is 18.6. The van der Waals surface area contributed by atoms with Crippen LogP contribution >= 0.6 is 11.6 Å². The number of aliphatic hydroxyl groups is 2. The van der Waals surface area contributed by atoms with Crippen molar-refractivity contribution in [2.75, 3.05) is 64.8 Å². The fourth-order valence-corrected chi connectivity index (χ4v) is 12.6. The van der Waals surface area contributed by atoms with Gasteiger partial charge in [-0.15, -0.1) is 0 Å². The second-order valence-electron chi connectivity index (χ2n) is 31.3. The number of carbonyl (C=O) groups is 9. The van der Waals surface area contributed by atoms with E-state index in [-0.39, 0.29) is 144 Å². The number of anilines is 5. The van der Waals surface area contributed by atoms with E-state index in [1.165, 1.54) is 21.9 Å². The SMILES string of the molecule is CC(C)COC(=O)Cl.C[C@H]1Cn2ncc(N3CC(C)(C(=O)O)CC3=O)c2CN1C(=O)OC(C)(C)C.C[C@H]1Cn2ncc(N3CC(C)(CO)CC3=O)c2CN1C(=O)Nc1cc(F)c(F)c(F)c1.C[C@H]1Cn2ncc(N3CC(C)(CO)CC3=O)c2CN1C(=O)OC(C)(C)C.O=C(Nc1cc(F)c(F)c(F)c1)Oc1ccccc1.[B].[H-].[Na+]. The van der Waals surface area contributed by atoms with Gasteiger partial charge in [-0.2, -0.15) is 15.3 Å². The van der Waals surface area contributed by atoms with Crippen LogP contribution < -0.4 is 59.6 Å². The number of carbonyl (C=O) groups excluding carboxylic acids is 8. The van der Waals surface area contributed by atoms with Gasteiger partial charge in [0.15, 0.2) is 34.9 Å². The summed E-state index contributed by atoms with van der Waals surface area (Å²) in [5, 5.41) is 46.2. The monoisotopic (exact) mass is 1620 g/mol. The van der Waals surface area contributed by atoms with Crippen molar-refractivity contribution in [2.24, 2.45) is 22.2 Å². The number of para-hydroxylation sites is 1. The third kappa shape index (κ3) is 23.4. The molecule has 8 amide bonds. The molecule has 5 N–H and O–H groups in total. The number of hydrogen-bond donors (Lipinski definition) is 5. The van der Waals surface area contributed by atoms with Gasteiger partial charge in [0, 0.05) is 99.7 Å². The number of benzene rings is 3. The zero-order chi connectivity index (χ0) is 82.3. The summed E-state index contributed by atoms with van der Waals surface area (Å²) in [4.78, 5) is 118. The molecule has 609 valence electrons. The van der Waals surface area contributed by atoms with Crippen molar-refractivity contribution < 1.29 is 135 Å². The molecule has 6 aliphatic rings. The molecule has 9 heterocycles. The Hall–Kier alpha value is -9.43. The second kappa shape index (κ2) is 37.7. The Bertz CT molecular complexity index is 4440. The summed E-state index contributed by atoms with van der Waals surface area (Å²) >= 11 is 4.86. The van der Waals surface area contributed by atoms with E-state index in [0.717, 1.165) is 5.69 Å². The van der Waals surface area contributed by atoms with Gasteiger partial charge in [0.05, 0.1) is 141 Å². The number of ether oxygens (including phenoxy) is 4. The quantitative estimate of drug-likeness (QED) is 0.0266. The van der Waals surface area contributed by atoms with Gasteiger partial charge in [0.2, 0.25) is 17.7 Å². The van der Waals surface area contributed by atoms with Crippen LogP contribution in [0.2, 0.25) is 0 Å². The molecule has 6 aliphatic heterocycles. The largest absolute Gasteiger partial charge is 1.00 e. The first-order valence-corrected chi connectivity index (χ1v) is 35.8. The Balaban J connectivity index is 0.000000263. The number of carboxylic acid groups (broad SMARTS) is 1. The molecule has 3 radical (unpaired) electrons. The van der Waals surface area contributed by atoms with E-state index >= 15 is 0 Å². The van der Waals surface area contributed by atoms with Crippen LogP contribution in [0, 0.1) is 57.1 Å². The Labute approximate surface area is 679 Å². The van der Waals surface area contributed by atoms with Crippen molar-refractivity contribution in [2.45, 2.75) is 185 Å². The number of urea groups is 1. The Morgan fingerprint density at radius 2 is 0.938 bits per heavy atom. The molecule has 30 nitrogen and oxygen atoms in total. The van der Waals surface area contributed by atoms with Crippen molar-refractivity contribution in [3.8, 4) is 5.75 Å². The molecule has 6 atom stereocenters. The predicted molar refractivity (Wildman–Crippen MR) is 398 cm³/mol. The van der Waals surface area contributed by atoms with Gasteiger partial charge in [-0.05, 0) is 87.3 Å². The van der Waals surface area contributed by atoms with Gasteiger partial charge >= 0.3 is 65.3 Å². The summed E-state index contributed by atoms with van der Waals surface area (Å²) in [6.45, 7) is 29.0. The van der Waals surface area contributed by atoms with Gasteiger partial charge in [0.25, 0.3) is 0 Å². The maximum atomic E-state index is 13.5. The maximum absolute atomic E-state index is 13.5. The number of halogens is 7. The van der Waals surface area contributed by atoms with Crippen LogP contribution in [0.15, 0.2) is 73.2 Å². The number of rotatable bonds is 11. The first-order valence-electron chi connectivity index (χ1n) is 35.5. The van der Waals surface area contributed by atoms with Crippen molar-refractivity contribution >= 4 is 102 Å². The van der Waals surface area contributed by atoms with E-state index in [1.807, 2.05) is 87.8 Å². The number of fused-ring (bicyclic) bond motifs is 3. The molecule has 39 heteroatoms. The number of nitrogens with zero attached hydrogens (tertiary/aromatic N) is 12. The summed E-state index contributed by atoms with van der Waals surface area (Å²) < 4.78 is 104. The van der Waals surface area contributed by atoms with Crippen molar-refractivity contribution in [1.29, 1.82) is 0 Å². The molecule has 0 bridgehead atoms. The van der Waals surface area contributed by atoms with E-state index < -0.39 is 92.0 Å². The molecule has 3 unspecified atom stereocenters. The first-order chi connectivity index (χ1) is 51.7. The number of aromatic nitrogens is 6. The van der Waals surface area contributed by atoms with Crippen molar-refractivity contribution in [3.63, 3.8) is 0 Å². The van der Waals surface area contributed by atoms with E-state index in [0.29, 0.717) is 111 Å². The molecule has 0 saturated carbocycles. The summed E-state index contributed by atoms with van der Waals surface area (Å²) in [6, 6.07) is 9.75. The molecular weight excluding hydrogens is 1520 g/mol. The van der Waals surface area contributed by atoms with Crippen LogP contribution in [0.25, 0.3) is 0 Å². The molecule has 12 rings (SSSR count). The van der Waals surface area contributed by atoms with Gasteiger partial charge in [0.1, 0.15) is 17.0 Å². The fraction of sp³-hybridized carbons (Fsp3) is 0.514. The third-order valence-electron chi connectivity index (χ3n) is 18.5. The Morgan fingerprint density at radius 1 is 0.584 bits per heavy atom. The smallest absolute Gasteiger partial charge is 1.00 e. The van der Waals surface area contributed by atoms with E-state index in [4.69, 9.17) is 25.8 Å². The zero-order valence-electron chi connectivity index (χ0n) is 66.6. The summed E-state index contributed by atoms with van der Waals surface area (Å²) in [5.74, 6) is -9.58. The normalized spacial score (nSPS) is 20.9. The standard InChI is InChI=1S/C20H22F3N5O3.C18H26N4O5.C18H28N4O4.C13H8F3NO2.C5H9ClO2.B.Na.H/c1-11-7-28-16(15(6-24-28)27-9-20(2,10-29)5-17(27)30)8-26(11)19(31)25-12-3-13(21)18(23)14(22)4-12;1-11-8-22-13(9-20(11)16(26)27-17(2,3)4)12(7-19-22)21-10-18(5,15(24)25)6-14(21)23;1-12-8-22-14(9-20(12)16(25)26-17(2,3)4)13(7-19-22)21-10-18(5,11-23)6-15(21)24;14-10-6-8(7-11(15)12(10)16)17-13(18)19-9-4-2-1-3-5-9;1-4(2)3-8-5(6)7;;;/h3-4,6,11,29H,5,7-10H2,1-2H3,(H,25,31);7,11H,6,8-10H2,1-5H3,(H,24,25);7,12,23H,6,8-11H2,1-5H3;1-7H,(H,17,18);4H,3H2,1-2H3;;;/q;;;;;;+1;-1/t11-,20?;11-,18?;12-,18?;;;;;/m000...../s1. The van der Waals surface area contributed by atoms with Crippen molar-refractivity contribution in [1.82, 2.24) is 44.0 Å². The van der Waals surface area contributed by atoms with Crippen molar-refractivity contribution in [3.05, 3.63) is 125 Å². The minimum atomic E-state index is -1.61. The molecule has 3 saturated heterocycles. The minimum absolute atomic E-state index is 0. The first kappa shape index (κ1) is 92.4. The fourth-order valence-electron chi connectivity index (χ4n) is 12.6. The molecule has 0 spiro atoms. The summed E-state index contributed by atoms with van der Waals surface area (Å²) in [6.07, 6.45) is 3.56.